The molecule has 0 bridgehead atoms. The molecule has 0 aromatic heterocycles. The second kappa shape index (κ2) is 6.02. The maximum atomic E-state index is 9.02. The Morgan fingerprint density at radius 1 is 1.06 bits per heavy atom. The summed E-state index contributed by atoms with van der Waals surface area (Å²) in [6.45, 7) is 16.1. The van der Waals surface area contributed by atoms with Gasteiger partial charge < -0.3 is 0 Å². The van der Waals surface area contributed by atoms with Gasteiger partial charge >= 0.3 is 0 Å². The van der Waals surface area contributed by atoms with Crippen LogP contribution in [0.1, 0.15) is 61.3 Å². The normalized spacial score (nSPS) is 14.9. The Kier molecular flexibility index (Phi) is 5.99. The molecular weight excluding hydrogens is 213 g/mol. The van der Waals surface area contributed by atoms with Crippen molar-refractivity contribution >= 4 is 7.92 Å². The number of hydrogen-bond donors (Lipinski definition) is 0. The maximum absolute atomic E-state index is 9.02. The average Bonchev–Trinajstić information content (AvgIpc) is 2.24. The molecule has 1 nitrogen and oxygen atoms in total. The Morgan fingerprint density at radius 3 is 1.69 bits per heavy atom. The third-order valence-electron chi connectivity index (χ3n) is 3.87. The molecule has 0 aliphatic heterocycles. The van der Waals surface area contributed by atoms with Gasteiger partial charge in [0, 0.05) is 5.92 Å². The number of rotatable bonds is 6. The van der Waals surface area contributed by atoms with E-state index in [1.54, 1.807) is 0 Å². The zero-order chi connectivity index (χ0) is 13.0. The molecule has 0 spiro atoms. The number of nitrogens with zero attached hydrogens (tertiary/aromatic N) is 1. The van der Waals surface area contributed by atoms with Crippen LogP contribution in [0.25, 0.3) is 0 Å². The molecule has 1 atom stereocenters. The molecule has 0 amide bonds. The van der Waals surface area contributed by atoms with Gasteiger partial charge in [-0.25, -0.2) is 0 Å². The summed E-state index contributed by atoms with van der Waals surface area (Å²) in [5.74, 6) is 0.197. The quantitative estimate of drug-likeness (QED) is 0.600. The molecule has 0 fully saturated rings. The molecule has 16 heavy (non-hydrogen) atoms. The second-order valence-corrected chi connectivity index (χ2v) is 9.62. The first-order valence-electron chi connectivity index (χ1n) is 6.38. The Balaban J connectivity index is 5.00. The van der Waals surface area contributed by atoms with Crippen LogP contribution >= 0.6 is 7.92 Å². The highest BCUT2D eigenvalue weighted by molar-refractivity contribution is 7.60. The molecule has 0 aromatic rings. The fraction of sp³-hybridized carbons (Fsp3) is 0.929. The summed E-state index contributed by atoms with van der Waals surface area (Å²) in [5.41, 5.74) is 0. The van der Waals surface area contributed by atoms with Crippen LogP contribution in [0, 0.1) is 17.2 Å². The van der Waals surface area contributed by atoms with Gasteiger partial charge in [-0.1, -0.05) is 49.5 Å². The zero-order valence-electron chi connectivity index (χ0n) is 12.1. The molecule has 0 rings (SSSR count). The van der Waals surface area contributed by atoms with E-state index in [9.17, 15) is 0 Å². The molecule has 0 unspecified atom stereocenters. The molecule has 2 heteroatoms. The fourth-order valence-corrected chi connectivity index (χ4v) is 6.03. The van der Waals surface area contributed by atoms with Crippen molar-refractivity contribution in [1.29, 1.82) is 5.26 Å². The predicted molar refractivity (Wildman–Crippen MR) is 75.3 cm³/mol. The maximum Gasteiger partial charge on any atom is 0.0656 e. The largest absolute Gasteiger partial charge is 0.198 e. The highest BCUT2D eigenvalue weighted by Crippen LogP contribution is 2.62. The van der Waals surface area contributed by atoms with E-state index in [0.29, 0.717) is 10.3 Å². The van der Waals surface area contributed by atoms with Crippen LogP contribution in [0.2, 0.25) is 0 Å². The van der Waals surface area contributed by atoms with E-state index in [0.717, 1.165) is 6.16 Å². The van der Waals surface area contributed by atoms with E-state index in [2.05, 4.69) is 54.5 Å². The van der Waals surface area contributed by atoms with E-state index in [1.165, 1.54) is 12.8 Å². The third-order valence-corrected chi connectivity index (χ3v) is 8.34. The minimum atomic E-state index is -0.115. The summed E-state index contributed by atoms with van der Waals surface area (Å²) in [4.78, 5) is 0. The summed E-state index contributed by atoms with van der Waals surface area (Å²) in [6, 6.07) is 2.40. The standard InChI is InChI=1S/C14H28NP/c1-8-13(4,5)16(11-12(3)10-15)14(6,7)9-2/h12H,8-9,11H2,1-7H3/t12-/m0/s1. The van der Waals surface area contributed by atoms with Crippen LogP contribution in [-0.4, -0.2) is 16.5 Å². The summed E-state index contributed by atoms with van der Waals surface area (Å²) >= 11 is 0. The van der Waals surface area contributed by atoms with E-state index in [1.807, 2.05) is 0 Å². The Bertz CT molecular complexity index is 234. The molecular formula is C14H28NP. The lowest BCUT2D eigenvalue weighted by molar-refractivity contribution is 0.595. The monoisotopic (exact) mass is 241 g/mol. The van der Waals surface area contributed by atoms with Gasteiger partial charge in [-0.2, -0.15) is 5.26 Å². The molecule has 0 saturated heterocycles. The highest BCUT2D eigenvalue weighted by atomic mass is 31.1. The van der Waals surface area contributed by atoms with Crippen molar-refractivity contribution in [3.8, 4) is 6.07 Å². The van der Waals surface area contributed by atoms with E-state index in [-0.39, 0.29) is 13.8 Å². The minimum Gasteiger partial charge on any atom is -0.198 e. The van der Waals surface area contributed by atoms with E-state index >= 15 is 0 Å². The van der Waals surface area contributed by atoms with Crippen molar-refractivity contribution in [2.75, 3.05) is 6.16 Å². The fourth-order valence-electron chi connectivity index (χ4n) is 2.01. The molecule has 0 heterocycles. The van der Waals surface area contributed by atoms with Gasteiger partial charge in [0.2, 0.25) is 0 Å². The molecule has 0 aliphatic rings. The molecule has 0 radical (unpaired) electrons. The first-order valence-corrected chi connectivity index (χ1v) is 7.91. The Labute approximate surface area is 103 Å². The van der Waals surface area contributed by atoms with Crippen LogP contribution in [0.4, 0.5) is 0 Å². The van der Waals surface area contributed by atoms with Gasteiger partial charge in [0.05, 0.1) is 6.07 Å². The molecule has 94 valence electrons. The summed E-state index contributed by atoms with van der Waals surface area (Å²) in [6.07, 6.45) is 3.51. The lowest BCUT2D eigenvalue weighted by atomic mass is 10.1. The zero-order valence-corrected chi connectivity index (χ0v) is 13.0. The third kappa shape index (κ3) is 4.06. The Morgan fingerprint density at radius 2 is 1.44 bits per heavy atom. The molecule has 0 aromatic carbocycles. The van der Waals surface area contributed by atoms with Crippen molar-refractivity contribution in [2.24, 2.45) is 5.92 Å². The van der Waals surface area contributed by atoms with Crippen LogP contribution in [-0.2, 0) is 0 Å². The van der Waals surface area contributed by atoms with Crippen molar-refractivity contribution in [1.82, 2.24) is 0 Å². The second-order valence-electron chi connectivity index (χ2n) is 5.97. The van der Waals surface area contributed by atoms with Crippen molar-refractivity contribution in [3.05, 3.63) is 0 Å². The predicted octanol–water partition coefficient (Wildman–Crippen LogP) is 5.01. The van der Waals surface area contributed by atoms with Crippen LogP contribution in [0.3, 0.4) is 0 Å². The SMILES string of the molecule is CCC(C)(C)P(C[C@@H](C)C#N)C(C)(C)CC. The molecule has 0 N–H and O–H groups in total. The van der Waals surface area contributed by atoms with Crippen LogP contribution in [0.15, 0.2) is 0 Å². The van der Waals surface area contributed by atoms with Crippen molar-refractivity contribution < 1.29 is 0 Å². The van der Waals surface area contributed by atoms with Gasteiger partial charge in [0.1, 0.15) is 0 Å². The summed E-state index contributed by atoms with van der Waals surface area (Å²) in [5, 5.41) is 9.80. The van der Waals surface area contributed by atoms with Gasteiger partial charge in [-0.3, -0.25) is 0 Å². The lowest BCUT2D eigenvalue weighted by Crippen LogP contribution is -2.31. The summed E-state index contributed by atoms with van der Waals surface area (Å²) in [7, 11) is -0.115. The van der Waals surface area contributed by atoms with Gasteiger partial charge in [0.25, 0.3) is 0 Å². The van der Waals surface area contributed by atoms with Gasteiger partial charge in [0.15, 0.2) is 0 Å². The van der Waals surface area contributed by atoms with Crippen molar-refractivity contribution in [3.63, 3.8) is 0 Å². The first kappa shape index (κ1) is 15.9. The topological polar surface area (TPSA) is 23.8 Å². The first-order chi connectivity index (χ1) is 7.21. The van der Waals surface area contributed by atoms with Gasteiger partial charge in [-0.15, -0.1) is 0 Å². The van der Waals surface area contributed by atoms with Crippen LogP contribution in [0.5, 0.6) is 0 Å². The lowest BCUT2D eigenvalue weighted by Gasteiger charge is -2.45. The molecule has 0 saturated carbocycles. The average molecular weight is 241 g/mol. The van der Waals surface area contributed by atoms with Crippen LogP contribution < -0.4 is 0 Å². The smallest absolute Gasteiger partial charge is 0.0656 e. The minimum absolute atomic E-state index is 0.115. The van der Waals surface area contributed by atoms with Gasteiger partial charge in [-0.05, 0) is 36.2 Å². The van der Waals surface area contributed by atoms with Crippen molar-refractivity contribution in [2.45, 2.75) is 71.6 Å². The molecule has 0 aliphatic carbocycles. The Hall–Kier alpha value is -0.0800. The van der Waals surface area contributed by atoms with E-state index in [4.69, 9.17) is 5.26 Å². The number of nitriles is 1. The van der Waals surface area contributed by atoms with E-state index < -0.39 is 0 Å². The summed E-state index contributed by atoms with van der Waals surface area (Å²) < 4.78 is 0. The highest BCUT2D eigenvalue weighted by Gasteiger charge is 2.38. The number of hydrogen-bond acceptors (Lipinski definition) is 1.